The molecule has 0 atom stereocenters. The Morgan fingerprint density at radius 1 is 0.905 bits per heavy atom. The van der Waals surface area contributed by atoms with Gasteiger partial charge in [0.2, 0.25) is 5.88 Å². The van der Waals surface area contributed by atoms with Gasteiger partial charge in [-0.05, 0) is 6.42 Å². The van der Waals surface area contributed by atoms with Crippen molar-refractivity contribution in [3.8, 4) is 5.88 Å². The molecule has 0 aliphatic rings. The van der Waals surface area contributed by atoms with Gasteiger partial charge in [0.15, 0.2) is 0 Å². The summed E-state index contributed by atoms with van der Waals surface area (Å²) in [5.41, 5.74) is 0. The molecule has 21 heavy (non-hydrogen) atoms. The number of rotatable bonds is 13. The Morgan fingerprint density at radius 2 is 1.52 bits per heavy atom. The van der Waals surface area contributed by atoms with Crippen molar-refractivity contribution in [3.63, 3.8) is 0 Å². The first kappa shape index (κ1) is 18.1. The second-order valence-corrected chi connectivity index (χ2v) is 4.61. The van der Waals surface area contributed by atoms with E-state index in [1.807, 2.05) is 0 Å². The fourth-order valence-electron chi connectivity index (χ4n) is 1.39. The van der Waals surface area contributed by atoms with Crippen molar-refractivity contribution >= 4 is 11.6 Å². The van der Waals surface area contributed by atoms with E-state index in [-0.39, 0.29) is 0 Å². The molecule has 7 heteroatoms. The molecule has 0 aliphatic heterocycles. The summed E-state index contributed by atoms with van der Waals surface area (Å²) in [4.78, 5) is 7.68. The highest BCUT2D eigenvalue weighted by Gasteiger charge is 1.97. The van der Waals surface area contributed by atoms with Gasteiger partial charge in [-0.15, -0.1) is 0 Å². The Kier molecular flexibility index (Phi) is 11.0. The van der Waals surface area contributed by atoms with Gasteiger partial charge < -0.3 is 18.9 Å². The van der Waals surface area contributed by atoms with Crippen LogP contribution in [0.2, 0.25) is 5.15 Å². The molecule has 0 saturated carbocycles. The zero-order chi connectivity index (χ0) is 15.2. The van der Waals surface area contributed by atoms with E-state index in [0.29, 0.717) is 50.7 Å². The first-order valence-corrected chi connectivity index (χ1v) is 7.54. The van der Waals surface area contributed by atoms with E-state index < -0.39 is 0 Å². The Bertz CT molecular complexity index is 369. The van der Waals surface area contributed by atoms with Crippen molar-refractivity contribution < 1.29 is 18.9 Å². The molecule has 1 heterocycles. The summed E-state index contributed by atoms with van der Waals surface area (Å²) in [6.07, 6.45) is 3.60. The van der Waals surface area contributed by atoms with Crippen molar-refractivity contribution in [2.45, 2.75) is 19.8 Å². The lowest BCUT2D eigenvalue weighted by Crippen LogP contribution is -2.13. The largest absolute Gasteiger partial charge is 0.475 e. The summed E-state index contributed by atoms with van der Waals surface area (Å²) in [6, 6.07) is 1.56. The minimum Gasteiger partial charge on any atom is -0.475 e. The van der Waals surface area contributed by atoms with Gasteiger partial charge in [-0.25, -0.2) is 9.97 Å². The SMILES string of the molecule is CCCCOCCOCCOCCOc1cc(Cl)ncn1. The van der Waals surface area contributed by atoms with Crippen LogP contribution in [0.3, 0.4) is 0 Å². The minimum absolute atomic E-state index is 0.357. The summed E-state index contributed by atoms with van der Waals surface area (Å²) >= 11 is 5.71. The molecule has 0 saturated heterocycles. The Morgan fingerprint density at radius 3 is 2.14 bits per heavy atom. The molecule has 0 spiro atoms. The van der Waals surface area contributed by atoms with Crippen molar-refractivity contribution in [2.24, 2.45) is 0 Å². The van der Waals surface area contributed by atoms with Crippen LogP contribution in [-0.4, -0.2) is 56.2 Å². The van der Waals surface area contributed by atoms with Gasteiger partial charge in [0.1, 0.15) is 18.1 Å². The van der Waals surface area contributed by atoms with Crippen molar-refractivity contribution in [1.29, 1.82) is 0 Å². The first-order valence-electron chi connectivity index (χ1n) is 7.16. The standard InChI is InChI=1S/C14H23ClN2O4/c1-2-3-4-18-5-6-19-7-8-20-9-10-21-14-11-13(15)16-12-17-14/h11-12H,2-10H2,1H3. The Hall–Kier alpha value is -0.950. The summed E-state index contributed by atoms with van der Waals surface area (Å²) in [6.45, 7) is 6.15. The fraction of sp³-hybridized carbons (Fsp3) is 0.714. The molecule has 6 nitrogen and oxygen atoms in total. The molecule has 0 radical (unpaired) electrons. The maximum absolute atomic E-state index is 5.71. The minimum atomic E-state index is 0.357. The third kappa shape index (κ3) is 10.4. The number of hydrogen-bond donors (Lipinski definition) is 0. The Labute approximate surface area is 130 Å². The lowest BCUT2D eigenvalue weighted by Gasteiger charge is -2.07. The average molecular weight is 319 g/mol. The van der Waals surface area contributed by atoms with E-state index in [1.54, 1.807) is 6.07 Å². The van der Waals surface area contributed by atoms with Crippen molar-refractivity contribution in [1.82, 2.24) is 9.97 Å². The smallest absolute Gasteiger partial charge is 0.217 e. The topological polar surface area (TPSA) is 62.7 Å². The monoisotopic (exact) mass is 318 g/mol. The number of ether oxygens (including phenoxy) is 4. The summed E-state index contributed by atoms with van der Waals surface area (Å²) in [7, 11) is 0. The van der Waals surface area contributed by atoms with Crippen LogP contribution in [0.15, 0.2) is 12.4 Å². The molecule has 0 fully saturated rings. The molecule has 0 aliphatic carbocycles. The molecular weight excluding hydrogens is 296 g/mol. The highest BCUT2D eigenvalue weighted by Crippen LogP contribution is 2.10. The lowest BCUT2D eigenvalue weighted by atomic mass is 10.4. The second-order valence-electron chi connectivity index (χ2n) is 4.22. The highest BCUT2D eigenvalue weighted by molar-refractivity contribution is 6.29. The van der Waals surface area contributed by atoms with E-state index in [9.17, 15) is 0 Å². The van der Waals surface area contributed by atoms with Crippen molar-refractivity contribution in [2.75, 3.05) is 46.2 Å². The van der Waals surface area contributed by atoms with Crippen LogP contribution in [0.5, 0.6) is 5.88 Å². The molecule has 1 rings (SSSR count). The second kappa shape index (κ2) is 12.8. The molecule has 0 unspecified atom stereocenters. The van der Waals surface area contributed by atoms with Gasteiger partial charge >= 0.3 is 0 Å². The first-order chi connectivity index (χ1) is 10.3. The zero-order valence-electron chi connectivity index (χ0n) is 12.4. The molecule has 1 aromatic heterocycles. The van der Waals surface area contributed by atoms with Crippen LogP contribution in [0.1, 0.15) is 19.8 Å². The summed E-state index contributed by atoms with van der Waals surface area (Å²) in [5, 5.41) is 0.357. The number of nitrogens with zero attached hydrogens (tertiary/aromatic N) is 2. The fourth-order valence-corrected chi connectivity index (χ4v) is 1.53. The van der Waals surface area contributed by atoms with E-state index in [0.717, 1.165) is 19.4 Å². The van der Waals surface area contributed by atoms with Gasteiger partial charge in [-0.1, -0.05) is 24.9 Å². The van der Waals surface area contributed by atoms with Crippen LogP contribution in [0.4, 0.5) is 0 Å². The predicted molar refractivity (Wildman–Crippen MR) is 79.9 cm³/mol. The van der Waals surface area contributed by atoms with Crippen LogP contribution >= 0.6 is 11.6 Å². The van der Waals surface area contributed by atoms with Crippen LogP contribution in [0.25, 0.3) is 0 Å². The lowest BCUT2D eigenvalue weighted by molar-refractivity contribution is 0.00871. The molecular formula is C14H23ClN2O4. The summed E-state index contributed by atoms with van der Waals surface area (Å²) < 4.78 is 21.4. The van der Waals surface area contributed by atoms with E-state index in [2.05, 4.69) is 16.9 Å². The number of hydrogen-bond acceptors (Lipinski definition) is 6. The molecule has 0 aromatic carbocycles. The maximum Gasteiger partial charge on any atom is 0.217 e. The summed E-state index contributed by atoms with van der Waals surface area (Å²) in [5.74, 6) is 0.444. The number of aromatic nitrogens is 2. The maximum atomic E-state index is 5.71. The average Bonchev–Trinajstić information content (AvgIpc) is 2.48. The molecule has 0 amide bonds. The molecule has 1 aromatic rings. The quantitative estimate of drug-likeness (QED) is 0.411. The normalized spacial score (nSPS) is 10.8. The third-order valence-electron chi connectivity index (χ3n) is 2.47. The van der Waals surface area contributed by atoms with Gasteiger partial charge in [-0.3, -0.25) is 0 Å². The van der Waals surface area contributed by atoms with Gasteiger partial charge in [0.25, 0.3) is 0 Å². The van der Waals surface area contributed by atoms with Crippen LogP contribution in [0, 0.1) is 0 Å². The third-order valence-corrected chi connectivity index (χ3v) is 2.68. The molecule has 120 valence electrons. The van der Waals surface area contributed by atoms with E-state index in [1.165, 1.54) is 6.33 Å². The highest BCUT2D eigenvalue weighted by atomic mass is 35.5. The number of halogens is 1. The van der Waals surface area contributed by atoms with Gasteiger partial charge in [0.05, 0.1) is 33.0 Å². The van der Waals surface area contributed by atoms with Crippen molar-refractivity contribution in [3.05, 3.63) is 17.5 Å². The van der Waals surface area contributed by atoms with Crippen LogP contribution < -0.4 is 4.74 Å². The van der Waals surface area contributed by atoms with E-state index >= 15 is 0 Å². The number of unbranched alkanes of at least 4 members (excludes halogenated alkanes) is 1. The van der Waals surface area contributed by atoms with E-state index in [4.69, 9.17) is 30.5 Å². The Balaban J connectivity index is 1.82. The van der Waals surface area contributed by atoms with Gasteiger partial charge in [-0.2, -0.15) is 0 Å². The van der Waals surface area contributed by atoms with Gasteiger partial charge in [0, 0.05) is 12.7 Å². The molecule has 0 N–H and O–H groups in total. The predicted octanol–water partition coefficient (Wildman–Crippen LogP) is 2.36. The van der Waals surface area contributed by atoms with Crippen LogP contribution in [-0.2, 0) is 14.2 Å². The zero-order valence-corrected chi connectivity index (χ0v) is 13.2. The molecule has 0 bridgehead atoms.